The second-order valence-corrected chi connectivity index (χ2v) is 5.74. The van der Waals surface area contributed by atoms with Gasteiger partial charge in [0, 0.05) is 10.9 Å². The van der Waals surface area contributed by atoms with Gasteiger partial charge in [-0.25, -0.2) is 4.98 Å². The summed E-state index contributed by atoms with van der Waals surface area (Å²) in [5.41, 5.74) is 5.68. The molecular formula is C16H19NO2S. The molecule has 1 heterocycles. The summed E-state index contributed by atoms with van der Waals surface area (Å²) in [7, 11) is 0. The van der Waals surface area contributed by atoms with Gasteiger partial charge in [0.1, 0.15) is 5.01 Å². The molecule has 0 saturated heterocycles. The van der Waals surface area contributed by atoms with Crippen molar-refractivity contribution < 1.29 is 9.53 Å². The van der Waals surface area contributed by atoms with E-state index in [4.69, 9.17) is 4.74 Å². The van der Waals surface area contributed by atoms with Crippen LogP contribution in [-0.2, 0) is 16.0 Å². The molecule has 0 saturated carbocycles. The molecule has 0 spiro atoms. The van der Waals surface area contributed by atoms with Crippen molar-refractivity contribution >= 4 is 17.3 Å². The second-order valence-electron chi connectivity index (χ2n) is 4.88. The highest BCUT2D eigenvalue weighted by molar-refractivity contribution is 7.13. The van der Waals surface area contributed by atoms with E-state index in [2.05, 4.69) is 37.9 Å². The van der Waals surface area contributed by atoms with Crippen molar-refractivity contribution in [1.29, 1.82) is 0 Å². The fourth-order valence-corrected chi connectivity index (χ4v) is 2.96. The van der Waals surface area contributed by atoms with Gasteiger partial charge >= 0.3 is 5.97 Å². The van der Waals surface area contributed by atoms with Gasteiger partial charge < -0.3 is 4.74 Å². The number of aryl methyl sites for hydroxylation is 3. The first-order valence-electron chi connectivity index (χ1n) is 6.69. The third-order valence-corrected chi connectivity index (χ3v) is 4.18. The Morgan fingerprint density at radius 1 is 1.20 bits per heavy atom. The van der Waals surface area contributed by atoms with Crippen molar-refractivity contribution in [3.05, 3.63) is 39.9 Å². The highest BCUT2D eigenvalue weighted by atomic mass is 32.1. The zero-order chi connectivity index (χ0) is 14.7. The van der Waals surface area contributed by atoms with Crippen LogP contribution in [0.25, 0.3) is 10.6 Å². The van der Waals surface area contributed by atoms with Gasteiger partial charge in [0.05, 0.1) is 18.7 Å². The maximum Gasteiger partial charge on any atom is 0.311 e. The molecule has 1 aromatic carbocycles. The first kappa shape index (κ1) is 14.7. The molecule has 2 rings (SSSR count). The smallest absolute Gasteiger partial charge is 0.311 e. The topological polar surface area (TPSA) is 39.2 Å². The number of aromatic nitrogens is 1. The van der Waals surface area contributed by atoms with Crippen molar-refractivity contribution in [2.24, 2.45) is 0 Å². The van der Waals surface area contributed by atoms with Crippen LogP contribution in [0, 0.1) is 20.8 Å². The van der Waals surface area contributed by atoms with Crippen LogP contribution in [0.2, 0.25) is 0 Å². The molecule has 4 heteroatoms. The Morgan fingerprint density at radius 2 is 1.90 bits per heavy atom. The Bertz CT molecular complexity index is 631. The summed E-state index contributed by atoms with van der Waals surface area (Å²) in [4.78, 5) is 16.0. The van der Waals surface area contributed by atoms with Gasteiger partial charge in [0.25, 0.3) is 0 Å². The zero-order valence-electron chi connectivity index (χ0n) is 12.3. The van der Waals surface area contributed by atoms with E-state index in [-0.39, 0.29) is 12.4 Å². The van der Waals surface area contributed by atoms with E-state index >= 15 is 0 Å². The van der Waals surface area contributed by atoms with Crippen LogP contribution < -0.4 is 0 Å². The standard InChI is InChI=1S/C16H19NO2S/c1-5-19-15(18)8-13-9-20-16(17-13)14-7-11(3)10(2)6-12(14)4/h6-7,9H,5,8H2,1-4H3. The minimum absolute atomic E-state index is 0.221. The molecule has 0 fully saturated rings. The molecule has 2 aromatic rings. The molecule has 0 unspecified atom stereocenters. The minimum Gasteiger partial charge on any atom is -0.466 e. The first-order valence-corrected chi connectivity index (χ1v) is 7.57. The quantitative estimate of drug-likeness (QED) is 0.803. The number of carbonyl (C=O) groups excluding carboxylic acids is 1. The van der Waals surface area contributed by atoms with Crippen LogP contribution in [0.5, 0.6) is 0 Å². The highest BCUT2D eigenvalue weighted by Crippen LogP contribution is 2.29. The lowest BCUT2D eigenvalue weighted by Gasteiger charge is -2.07. The summed E-state index contributed by atoms with van der Waals surface area (Å²) in [5, 5.41) is 2.89. The molecule has 0 aliphatic heterocycles. The van der Waals surface area contributed by atoms with E-state index in [0.717, 1.165) is 16.3 Å². The van der Waals surface area contributed by atoms with Crippen molar-refractivity contribution in [2.45, 2.75) is 34.1 Å². The molecule has 0 atom stereocenters. The van der Waals surface area contributed by atoms with E-state index in [9.17, 15) is 4.79 Å². The van der Waals surface area contributed by atoms with Gasteiger partial charge in [-0.15, -0.1) is 11.3 Å². The van der Waals surface area contributed by atoms with Crippen molar-refractivity contribution in [2.75, 3.05) is 6.61 Å². The van der Waals surface area contributed by atoms with Gasteiger partial charge in [0.15, 0.2) is 0 Å². The van der Waals surface area contributed by atoms with E-state index in [1.54, 1.807) is 11.3 Å². The van der Waals surface area contributed by atoms with Crippen molar-refractivity contribution in [3.8, 4) is 10.6 Å². The molecule has 0 amide bonds. The van der Waals surface area contributed by atoms with Gasteiger partial charge in [-0.2, -0.15) is 0 Å². The monoisotopic (exact) mass is 289 g/mol. The minimum atomic E-state index is -0.221. The molecule has 0 aliphatic carbocycles. The molecule has 1 aromatic heterocycles. The fraction of sp³-hybridized carbons (Fsp3) is 0.375. The molecule has 0 radical (unpaired) electrons. The van der Waals surface area contributed by atoms with Crippen molar-refractivity contribution in [3.63, 3.8) is 0 Å². The van der Waals surface area contributed by atoms with Gasteiger partial charge in [0.2, 0.25) is 0 Å². The Morgan fingerprint density at radius 3 is 2.60 bits per heavy atom. The normalized spacial score (nSPS) is 10.6. The Hall–Kier alpha value is -1.68. The summed E-state index contributed by atoms with van der Waals surface area (Å²) in [6.45, 7) is 8.52. The summed E-state index contributed by atoms with van der Waals surface area (Å²) in [6.07, 6.45) is 0.244. The van der Waals surface area contributed by atoms with Crippen molar-refractivity contribution in [1.82, 2.24) is 4.98 Å². The Balaban J connectivity index is 2.25. The molecule has 3 nitrogen and oxygen atoms in total. The lowest BCUT2D eigenvalue weighted by molar-refractivity contribution is -0.142. The lowest BCUT2D eigenvalue weighted by atomic mass is 10.0. The third-order valence-electron chi connectivity index (χ3n) is 3.25. The molecule has 0 aliphatic rings. The third kappa shape index (κ3) is 3.25. The maximum absolute atomic E-state index is 11.5. The van der Waals surface area contributed by atoms with E-state index in [1.807, 2.05) is 12.3 Å². The van der Waals surface area contributed by atoms with Gasteiger partial charge in [-0.3, -0.25) is 4.79 Å². The van der Waals surface area contributed by atoms with E-state index in [1.165, 1.54) is 16.7 Å². The summed E-state index contributed by atoms with van der Waals surface area (Å²) in [5.74, 6) is -0.221. The number of hydrogen-bond donors (Lipinski definition) is 0. The summed E-state index contributed by atoms with van der Waals surface area (Å²) >= 11 is 1.57. The molecule has 0 N–H and O–H groups in total. The second kappa shape index (κ2) is 6.18. The maximum atomic E-state index is 11.5. The fourth-order valence-electron chi connectivity index (χ4n) is 2.06. The number of thiazole rings is 1. The van der Waals surface area contributed by atoms with E-state index in [0.29, 0.717) is 6.61 Å². The van der Waals surface area contributed by atoms with Crippen LogP contribution in [0.3, 0.4) is 0 Å². The van der Waals surface area contributed by atoms with Crippen LogP contribution in [-0.4, -0.2) is 17.6 Å². The molecular weight excluding hydrogens is 270 g/mol. The number of rotatable bonds is 4. The van der Waals surface area contributed by atoms with Crippen LogP contribution in [0.1, 0.15) is 29.3 Å². The lowest BCUT2D eigenvalue weighted by Crippen LogP contribution is -2.07. The summed E-state index contributed by atoms with van der Waals surface area (Å²) in [6, 6.07) is 4.34. The van der Waals surface area contributed by atoms with Gasteiger partial charge in [-0.1, -0.05) is 6.07 Å². The number of nitrogens with zero attached hydrogens (tertiary/aromatic N) is 1. The molecule has 20 heavy (non-hydrogen) atoms. The predicted molar refractivity (Wildman–Crippen MR) is 82.1 cm³/mol. The average molecular weight is 289 g/mol. The predicted octanol–water partition coefficient (Wildman–Crippen LogP) is 3.84. The number of carbonyl (C=O) groups is 1. The van der Waals surface area contributed by atoms with Crippen LogP contribution in [0.15, 0.2) is 17.5 Å². The van der Waals surface area contributed by atoms with E-state index < -0.39 is 0 Å². The SMILES string of the molecule is CCOC(=O)Cc1csc(-c2cc(C)c(C)cc2C)n1. The number of ether oxygens (including phenoxy) is 1. The number of hydrogen-bond acceptors (Lipinski definition) is 4. The molecule has 0 bridgehead atoms. The first-order chi connectivity index (χ1) is 9.51. The average Bonchev–Trinajstić information content (AvgIpc) is 2.82. The van der Waals surface area contributed by atoms with Gasteiger partial charge in [-0.05, 0) is 50.5 Å². The summed E-state index contributed by atoms with van der Waals surface area (Å²) < 4.78 is 4.95. The van der Waals surface area contributed by atoms with Crippen LogP contribution in [0.4, 0.5) is 0 Å². The Kier molecular flexibility index (Phi) is 4.55. The Labute approximate surface area is 123 Å². The van der Waals surface area contributed by atoms with Crippen LogP contribution >= 0.6 is 11.3 Å². The zero-order valence-corrected chi connectivity index (χ0v) is 13.1. The number of esters is 1. The molecule has 106 valence electrons. The largest absolute Gasteiger partial charge is 0.466 e. The number of benzene rings is 1. The highest BCUT2D eigenvalue weighted by Gasteiger charge is 2.12.